The first-order valence-electron chi connectivity index (χ1n) is 2.69. The van der Waals surface area contributed by atoms with E-state index in [1.54, 1.807) is 0 Å². The fourth-order valence-electron chi connectivity index (χ4n) is 0.440. The second-order valence-corrected chi connectivity index (χ2v) is 10.4. The fourth-order valence-corrected chi connectivity index (χ4v) is 1.12. The molecule has 0 unspecified atom stereocenters. The zero-order valence-corrected chi connectivity index (χ0v) is 12.9. The standard InChI is InChI=1S/C4H8OS.2ClH.Hg/c1-3-6-4-2-5-1;;;/h1-4H2;2*1H;/q;;;+2/p-2. The molecule has 1 heterocycles. The molecule has 1 aliphatic rings. The van der Waals surface area contributed by atoms with Crippen LogP contribution in [0, 0.1) is 0 Å². The minimum atomic E-state index is -1.14. The quantitative estimate of drug-likeness (QED) is 0.600. The molecule has 1 nitrogen and oxygen atoms in total. The zero-order chi connectivity index (χ0) is 6.95. The van der Waals surface area contributed by atoms with Crippen LogP contribution in [-0.4, -0.2) is 24.7 Å². The molecular weight excluding hydrogens is 368 g/mol. The van der Waals surface area contributed by atoms with Gasteiger partial charge in [-0.1, -0.05) is 0 Å². The van der Waals surface area contributed by atoms with Gasteiger partial charge in [0.05, 0.1) is 13.2 Å². The van der Waals surface area contributed by atoms with Crippen molar-refractivity contribution in [2.75, 3.05) is 24.7 Å². The van der Waals surface area contributed by atoms with Crippen molar-refractivity contribution < 1.29 is 26.8 Å². The first-order chi connectivity index (χ1) is 4.41. The third kappa shape index (κ3) is 9.83. The number of thioether (sulfide) groups is 1. The predicted octanol–water partition coefficient (Wildman–Crippen LogP) is 2.13. The van der Waals surface area contributed by atoms with E-state index in [1.807, 2.05) is 11.8 Å². The van der Waals surface area contributed by atoms with Crippen molar-refractivity contribution in [2.24, 2.45) is 0 Å². The second kappa shape index (κ2) is 9.83. The number of hydrogen-bond acceptors (Lipinski definition) is 2. The molecule has 0 bridgehead atoms. The average molecular weight is 376 g/mol. The maximum atomic E-state index is 5.05. The number of halogens is 2. The number of hydrogen-bond donors (Lipinski definition) is 0. The van der Waals surface area contributed by atoms with Crippen molar-refractivity contribution >= 4 is 28.3 Å². The van der Waals surface area contributed by atoms with Crippen LogP contribution in [0.25, 0.3) is 0 Å². The second-order valence-electron chi connectivity index (χ2n) is 1.33. The summed E-state index contributed by atoms with van der Waals surface area (Å²) in [6.45, 7) is 1.93. The van der Waals surface area contributed by atoms with Gasteiger partial charge in [-0.15, -0.1) is 0 Å². The molecule has 0 aromatic carbocycles. The minimum absolute atomic E-state index is 0.963. The Morgan fingerprint density at radius 3 is 1.78 bits per heavy atom. The molecule has 52 valence electrons. The molecule has 9 heavy (non-hydrogen) atoms. The van der Waals surface area contributed by atoms with Gasteiger partial charge in [0, 0.05) is 11.5 Å². The van der Waals surface area contributed by atoms with E-state index in [0.29, 0.717) is 0 Å². The summed E-state index contributed by atoms with van der Waals surface area (Å²) in [6, 6.07) is 0. The van der Waals surface area contributed by atoms with Crippen LogP contribution in [0.2, 0.25) is 0 Å². The SMILES string of the molecule is C1CSCCO1.[Cl][Hg][Cl]. The van der Waals surface area contributed by atoms with Gasteiger partial charge in [-0.05, 0) is 0 Å². The molecule has 0 radical (unpaired) electrons. The molecule has 0 N–H and O–H groups in total. The summed E-state index contributed by atoms with van der Waals surface area (Å²) in [5, 5.41) is 0. The van der Waals surface area contributed by atoms with E-state index in [1.165, 1.54) is 11.5 Å². The molecule has 0 aromatic heterocycles. The van der Waals surface area contributed by atoms with E-state index in [0.717, 1.165) is 13.2 Å². The van der Waals surface area contributed by atoms with Crippen molar-refractivity contribution in [1.82, 2.24) is 0 Å². The predicted molar refractivity (Wildman–Crippen MR) is 39.9 cm³/mol. The van der Waals surface area contributed by atoms with Crippen LogP contribution in [0.15, 0.2) is 0 Å². The summed E-state index contributed by atoms with van der Waals surface area (Å²) < 4.78 is 5.05. The molecule has 0 aromatic rings. The van der Waals surface area contributed by atoms with Crippen molar-refractivity contribution in [3.8, 4) is 0 Å². The third-order valence-corrected chi connectivity index (χ3v) is 1.65. The van der Waals surface area contributed by atoms with Gasteiger partial charge < -0.3 is 4.74 Å². The molecule has 1 fully saturated rings. The van der Waals surface area contributed by atoms with Crippen molar-refractivity contribution in [3.05, 3.63) is 0 Å². The van der Waals surface area contributed by atoms with Crippen molar-refractivity contribution in [1.29, 1.82) is 0 Å². The summed E-state index contributed by atoms with van der Waals surface area (Å²) in [4.78, 5) is 0. The average Bonchev–Trinajstić information content (AvgIpc) is 1.93. The van der Waals surface area contributed by atoms with Crippen LogP contribution in [0.3, 0.4) is 0 Å². The Hall–Kier alpha value is 1.83. The van der Waals surface area contributed by atoms with E-state index in [-0.39, 0.29) is 0 Å². The van der Waals surface area contributed by atoms with E-state index >= 15 is 0 Å². The van der Waals surface area contributed by atoms with Crippen LogP contribution in [-0.2, 0) is 26.8 Å². The molecular formula is C4H8Cl2HgOS. The summed E-state index contributed by atoms with van der Waals surface area (Å²) in [5.41, 5.74) is 0. The molecule has 5 heteroatoms. The van der Waals surface area contributed by atoms with Gasteiger partial charge >= 0.3 is 38.6 Å². The Morgan fingerprint density at radius 1 is 1.22 bits per heavy atom. The van der Waals surface area contributed by atoms with Gasteiger partial charge in [0.25, 0.3) is 0 Å². The maximum absolute atomic E-state index is 5.05. The van der Waals surface area contributed by atoms with Gasteiger partial charge in [-0.3, -0.25) is 0 Å². The van der Waals surface area contributed by atoms with Gasteiger partial charge in [0.15, 0.2) is 0 Å². The Balaban J connectivity index is 0.000000187. The fraction of sp³-hybridized carbons (Fsp3) is 1.00. The topological polar surface area (TPSA) is 9.23 Å². The Bertz CT molecular complexity index is 42.3. The summed E-state index contributed by atoms with van der Waals surface area (Å²) in [7, 11) is 9.97. The van der Waals surface area contributed by atoms with Gasteiger partial charge in [-0.2, -0.15) is 11.8 Å². The molecule has 0 aliphatic carbocycles. The van der Waals surface area contributed by atoms with Crippen LogP contribution < -0.4 is 0 Å². The first-order valence-corrected chi connectivity index (χ1v) is 17.4. The van der Waals surface area contributed by atoms with Gasteiger partial charge in [0.1, 0.15) is 0 Å². The monoisotopic (exact) mass is 376 g/mol. The number of ether oxygens (including phenoxy) is 1. The van der Waals surface area contributed by atoms with Crippen molar-refractivity contribution in [3.63, 3.8) is 0 Å². The number of rotatable bonds is 0. The summed E-state index contributed by atoms with van der Waals surface area (Å²) >= 11 is 0.831. The van der Waals surface area contributed by atoms with Crippen LogP contribution in [0.5, 0.6) is 0 Å². The van der Waals surface area contributed by atoms with Crippen LogP contribution in [0.4, 0.5) is 0 Å². The van der Waals surface area contributed by atoms with E-state index in [9.17, 15) is 0 Å². The molecule has 0 spiro atoms. The molecule has 0 saturated carbocycles. The van der Waals surface area contributed by atoms with E-state index in [2.05, 4.69) is 0 Å². The molecule has 1 rings (SSSR count). The van der Waals surface area contributed by atoms with Crippen LogP contribution in [0.1, 0.15) is 0 Å². The van der Waals surface area contributed by atoms with E-state index < -0.39 is 22.1 Å². The summed E-state index contributed by atoms with van der Waals surface area (Å²) in [5.74, 6) is 2.39. The molecule has 1 saturated heterocycles. The molecule has 0 amide bonds. The van der Waals surface area contributed by atoms with E-state index in [4.69, 9.17) is 21.2 Å². The summed E-state index contributed by atoms with van der Waals surface area (Å²) in [6.07, 6.45) is 0. The van der Waals surface area contributed by atoms with Gasteiger partial charge in [-0.25, -0.2) is 0 Å². The van der Waals surface area contributed by atoms with Crippen molar-refractivity contribution in [2.45, 2.75) is 0 Å². The molecule has 0 atom stereocenters. The first kappa shape index (κ1) is 10.8. The third-order valence-electron chi connectivity index (χ3n) is 0.744. The Kier molecular flexibility index (Phi) is 11.8. The Morgan fingerprint density at radius 2 is 1.67 bits per heavy atom. The zero-order valence-electron chi connectivity index (χ0n) is 5.11. The molecule has 1 aliphatic heterocycles. The Labute approximate surface area is 79.1 Å². The van der Waals surface area contributed by atoms with Crippen LogP contribution >= 0.6 is 28.3 Å². The normalized spacial score (nSPS) is 17.1. The van der Waals surface area contributed by atoms with Gasteiger partial charge in [0.2, 0.25) is 0 Å².